The zero-order chi connectivity index (χ0) is 27.8. The van der Waals surface area contributed by atoms with Crippen molar-refractivity contribution >= 4 is 40.9 Å². The van der Waals surface area contributed by atoms with Gasteiger partial charge in [-0.15, -0.1) is 0 Å². The van der Waals surface area contributed by atoms with Gasteiger partial charge in [-0.25, -0.2) is 14.8 Å². The molecule has 15 heteroatoms. The summed E-state index contributed by atoms with van der Waals surface area (Å²) in [7, 11) is 0. The normalized spacial score (nSPS) is 10.3. The van der Waals surface area contributed by atoms with Crippen LogP contribution in [0, 0.1) is 20.2 Å². The van der Waals surface area contributed by atoms with Crippen LogP contribution in [-0.2, 0) is 9.59 Å². The highest BCUT2D eigenvalue weighted by atomic mass is 16.6. The van der Waals surface area contributed by atoms with E-state index in [1.807, 2.05) is 0 Å². The van der Waals surface area contributed by atoms with E-state index in [0.717, 1.165) is 25.2 Å². The van der Waals surface area contributed by atoms with Gasteiger partial charge in [0.05, 0.1) is 9.85 Å². The second kappa shape index (κ2) is 16.1. The number of hydrogen-bond acceptors (Lipinski definition) is 9. The number of anilines is 2. The molecule has 38 heavy (non-hydrogen) atoms. The van der Waals surface area contributed by atoms with Crippen LogP contribution in [-0.4, -0.2) is 50.7 Å². The Morgan fingerprint density at radius 3 is 1.42 bits per heavy atom. The van der Waals surface area contributed by atoms with Crippen LogP contribution in [0.2, 0.25) is 0 Å². The van der Waals surface area contributed by atoms with Gasteiger partial charge in [-0.1, -0.05) is 12.8 Å². The molecule has 0 radical (unpaired) electrons. The number of carbonyl (C=O) groups excluding carboxylic acids is 3. The summed E-state index contributed by atoms with van der Waals surface area (Å²) in [6.45, 7) is 0.933. The number of hydrogen-bond donors (Lipinski definition) is 4. The first-order chi connectivity index (χ1) is 18.2. The minimum atomic E-state index is -0.566. The number of unbranched alkanes of at least 4 members (excludes halogenated alkanes) is 4. The van der Waals surface area contributed by atoms with Crippen molar-refractivity contribution in [2.45, 2.75) is 51.4 Å². The summed E-state index contributed by atoms with van der Waals surface area (Å²) in [5, 5.41) is 31.9. The average molecular weight is 531 g/mol. The van der Waals surface area contributed by atoms with Crippen molar-refractivity contribution in [2.24, 2.45) is 0 Å². The SMILES string of the molecule is O=C(CCCCCNC(=O)NCCCCCC(=O)Nc1ccc([N+](=O)[O-])cn1)Nc1ccc([N+](=O)[O-])cn1. The van der Waals surface area contributed by atoms with Crippen molar-refractivity contribution in [1.82, 2.24) is 20.6 Å². The summed E-state index contributed by atoms with van der Waals surface area (Å²) in [5.41, 5.74) is -0.305. The minimum Gasteiger partial charge on any atom is -0.338 e. The molecule has 2 rings (SSSR count). The zero-order valence-corrected chi connectivity index (χ0v) is 20.7. The Bertz CT molecular complexity index is 1010. The lowest BCUT2D eigenvalue weighted by Gasteiger charge is -2.08. The van der Waals surface area contributed by atoms with Gasteiger partial charge in [0.15, 0.2) is 0 Å². The van der Waals surface area contributed by atoms with E-state index in [1.165, 1.54) is 24.3 Å². The predicted molar refractivity (Wildman–Crippen MR) is 137 cm³/mol. The number of urea groups is 1. The summed E-state index contributed by atoms with van der Waals surface area (Å²) >= 11 is 0. The van der Waals surface area contributed by atoms with Gasteiger partial charge < -0.3 is 21.3 Å². The highest BCUT2D eigenvalue weighted by Gasteiger charge is 2.09. The van der Waals surface area contributed by atoms with E-state index in [0.29, 0.717) is 38.8 Å². The zero-order valence-electron chi connectivity index (χ0n) is 20.7. The van der Waals surface area contributed by atoms with Gasteiger partial charge in [0, 0.05) is 38.1 Å². The van der Waals surface area contributed by atoms with E-state index in [4.69, 9.17) is 0 Å². The number of rotatable bonds is 16. The molecule has 0 aliphatic carbocycles. The number of aromatic nitrogens is 2. The minimum absolute atomic E-state index is 0.152. The Balaban J connectivity index is 1.43. The Labute approximate surface area is 218 Å². The molecule has 0 aliphatic rings. The van der Waals surface area contributed by atoms with Gasteiger partial charge in [-0.2, -0.15) is 0 Å². The van der Waals surface area contributed by atoms with Crippen LogP contribution in [0.15, 0.2) is 36.7 Å². The molecule has 0 bridgehead atoms. The number of nitro groups is 2. The summed E-state index contributed by atoms with van der Waals surface area (Å²) in [6, 6.07) is 4.99. The smallest absolute Gasteiger partial charge is 0.314 e. The Kier molecular flexibility index (Phi) is 12.5. The first kappa shape index (κ1) is 29.5. The van der Waals surface area contributed by atoms with Crippen LogP contribution in [0.5, 0.6) is 0 Å². The van der Waals surface area contributed by atoms with Crippen molar-refractivity contribution in [3.05, 3.63) is 56.9 Å². The average Bonchev–Trinajstić information content (AvgIpc) is 2.88. The molecular formula is C23H30N8O7. The summed E-state index contributed by atoms with van der Waals surface area (Å²) in [5.74, 6) is 0.0265. The highest BCUT2D eigenvalue weighted by molar-refractivity contribution is 5.90. The number of amides is 4. The van der Waals surface area contributed by atoms with Crippen molar-refractivity contribution in [3.63, 3.8) is 0 Å². The van der Waals surface area contributed by atoms with Crippen molar-refractivity contribution in [2.75, 3.05) is 23.7 Å². The molecular weight excluding hydrogens is 500 g/mol. The third-order valence-corrected chi connectivity index (χ3v) is 5.18. The maximum Gasteiger partial charge on any atom is 0.314 e. The van der Waals surface area contributed by atoms with Gasteiger partial charge in [0.25, 0.3) is 11.4 Å². The molecule has 2 heterocycles. The third-order valence-electron chi connectivity index (χ3n) is 5.18. The van der Waals surface area contributed by atoms with Crippen LogP contribution >= 0.6 is 0 Å². The largest absolute Gasteiger partial charge is 0.338 e. The first-order valence-corrected chi connectivity index (χ1v) is 12.1. The fourth-order valence-electron chi connectivity index (χ4n) is 3.19. The standard InChI is InChI=1S/C23H30N8O7/c32-21(28-19-11-9-17(15-26-19)30(35)36)7-3-1-5-13-24-23(34)25-14-6-2-4-8-22(33)29-20-12-10-18(16-27-20)31(37)38/h9-12,15-16H,1-8,13-14H2,(H2,24,25,34)(H,26,28,32)(H,27,29,33). The molecule has 204 valence electrons. The number of carbonyl (C=O) groups is 3. The topological polar surface area (TPSA) is 211 Å². The molecule has 0 saturated carbocycles. The lowest BCUT2D eigenvalue weighted by Crippen LogP contribution is -2.36. The third kappa shape index (κ3) is 11.8. The van der Waals surface area contributed by atoms with E-state index in [1.54, 1.807) is 0 Å². The van der Waals surface area contributed by atoms with Gasteiger partial charge in [0.1, 0.15) is 24.0 Å². The van der Waals surface area contributed by atoms with E-state index in [9.17, 15) is 34.6 Å². The van der Waals surface area contributed by atoms with Gasteiger partial charge in [-0.3, -0.25) is 29.8 Å². The van der Waals surface area contributed by atoms with Crippen LogP contribution in [0.4, 0.5) is 27.8 Å². The molecule has 4 N–H and O–H groups in total. The lowest BCUT2D eigenvalue weighted by molar-refractivity contribution is -0.385. The van der Waals surface area contributed by atoms with Gasteiger partial charge in [0.2, 0.25) is 11.8 Å². The quantitative estimate of drug-likeness (QED) is 0.142. The Morgan fingerprint density at radius 2 is 1.08 bits per heavy atom. The highest BCUT2D eigenvalue weighted by Crippen LogP contribution is 2.13. The Morgan fingerprint density at radius 1 is 0.658 bits per heavy atom. The molecule has 0 spiro atoms. The van der Waals surface area contributed by atoms with Crippen LogP contribution in [0.3, 0.4) is 0 Å². The van der Waals surface area contributed by atoms with Crippen LogP contribution in [0.1, 0.15) is 51.4 Å². The van der Waals surface area contributed by atoms with E-state index >= 15 is 0 Å². The second-order valence-corrected chi connectivity index (χ2v) is 8.22. The maximum atomic E-state index is 11.9. The summed E-state index contributed by atoms with van der Waals surface area (Å²) in [4.78, 5) is 63.3. The monoisotopic (exact) mass is 530 g/mol. The number of pyridine rings is 2. The fraction of sp³-hybridized carbons (Fsp3) is 0.435. The van der Waals surface area contributed by atoms with Crippen LogP contribution < -0.4 is 21.3 Å². The fourth-order valence-corrected chi connectivity index (χ4v) is 3.19. The maximum absolute atomic E-state index is 11.9. The second-order valence-electron chi connectivity index (χ2n) is 8.22. The molecule has 0 saturated heterocycles. The first-order valence-electron chi connectivity index (χ1n) is 12.1. The van der Waals surface area contributed by atoms with E-state index in [-0.39, 0.29) is 53.7 Å². The van der Waals surface area contributed by atoms with E-state index in [2.05, 4.69) is 31.2 Å². The van der Waals surface area contributed by atoms with Gasteiger partial charge >= 0.3 is 6.03 Å². The Hall–Kier alpha value is -4.69. The van der Waals surface area contributed by atoms with Gasteiger partial charge in [-0.05, 0) is 37.8 Å². The van der Waals surface area contributed by atoms with Crippen molar-refractivity contribution in [1.29, 1.82) is 0 Å². The van der Waals surface area contributed by atoms with Crippen molar-refractivity contribution < 1.29 is 24.2 Å². The molecule has 0 unspecified atom stereocenters. The van der Waals surface area contributed by atoms with Crippen LogP contribution in [0.25, 0.3) is 0 Å². The van der Waals surface area contributed by atoms with Crippen molar-refractivity contribution in [3.8, 4) is 0 Å². The summed E-state index contributed by atoms with van der Waals surface area (Å²) in [6.07, 6.45) is 6.82. The molecule has 0 atom stereocenters. The number of nitrogens with one attached hydrogen (secondary N) is 4. The molecule has 0 aliphatic heterocycles. The number of nitrogens with zero attached hydrogens (tertiary/aromatic N) is 4. The van der Waals surface area contributed by atoms with E-state index < -0.39 is 9.85 Å². The lowest BCUT2D eigenvalue weighted by atomic mass is 10.2. The molecule has 4 amide bonds. The molecule has 2 aromatic rings. The molecule has 0 aromatic carbocycles. The molecule has 15 nitrogen and oxygen atoms in total. The molecule has 0 fully saturated rings. The molecule has 2 aromatic heterocycles. The predicted octanol–water partition coefficient (Wildman–Crippen LogP) is 3.29. The summed E-state index contributed by atoms with van der Waals surface area (Å²) < 4.78 is 0.